The third kappa shape index (κ3) is 4.85. The zero-order chi connectivity index (χ0) is 17.7. The highest BCUT2D eigenvalue weighted by Gasteiger charge is 2.34. The Bertz CT molecular complexity index is 566. The number of carbonyl (C=O) groups excluding carboxylic acids is 1. The number of amides is 1. The second-order valence-electron chi connectivity index (χ2n) is 5.77. The molecule has 1 heterocycles. The molecule has 2 N–H and O–H groups in total. The van der Waals surface area contributed by atoms with Crippen LogP contribution in [0, 0.1) is 0 Å². The molecule has 0 spiro atoms. The first-order valence-corrected chi connectivity index (χ1v) is 7.67. The van der Waals surface area contributed by atoms with Crippen LogP contribution >= 0.6 is 0 Å². The Morgan fingerprint density at radius 1 is 1.42 bits per heavy atom. The summed E-state index contributed by atoms with van der Waals surface area (Å²) in [6, 6.07) is 4.22. The molecule has 1 fully saturated rings. The molecule has 0 aliphatic carbocycles. The van der Waals surface area contributed by atoms with Crippen molar-refractivity contribution in [3.05, 3.63) is 29.8 Å². The Morgan fingerprint density at radius 3 is 2.75 bits per heavy atom. The quantitative estimate of drug-likeness (QED) is 0.827. The molecule has 0 bridgehead atoms. The highest BCUT2D eigenvalue weighted by molar-refractivity contribution is 5.82. The number of hydrogen-bond donors (Lipinski definition) is 2. The van der Waals surface area contributed by atoms with E-state index in [9.17, 15) is 18.0 Å². The summed E-state index contributed by atoms with van der Waals surface area (Å²) in [5.41, 5.74) is -0.830. The lowest BCUT2D eigenvalue weighted by atomic mass is 10.2. The molecule has 5 nitrogen and oxygen atoms in total. The Morgan fingerprint density at radius 2 is 2.12 bits per heavy atom. The minimum Gasteiger partial charge on any atom is -0.491 e. The van der Waals surface area contributed by atoms with Gasteiger partial charge in [-0.15, -0.1) is 0 Å². The largest absolute Gasteiger partial charge is 0.491 e. The molecule has 0 aromatic heterocycles. The van der Waals surface area contributed by atoms with Crippen molar-refractivity contribution in [3.63, 3.8) is 0 Å². The number of methoxy groups -OCH3 is 1. The maximum absolute atomic E-state index is 12.9. The Kier molecular flexibility index (Phi) is 6.06. The number of halogens is 3. The van der Waals surface area contributed by atoms with E-state index in [-0.39, 0.29) is 30.4 Å². The molecule has 8 heteroatoms. The zero-order valence-electron chi connectivity index (χ0n) is 13.5. The molecule has 1 aromatic carbocycles. The third-order valence-corrected chi connectivity index (χ3v) is 3.81. The summed E-state index contributed by atoms with van der Waals surface area (Å²) < 4.78 is 49.1. The standard InChI is InChI=1S/C16H21F3N2O3/c1-10(21-15(22)13-7-11(23-2)8-20-13)9-24-14-6-4-3-5-12(14)16(17,18)19/h3-6,10-11,13,20H,7-9H2,1-2H3,(H,21,22)/t10-,11-,13+/m0/s1. The van der Waals surface area contributed by atoms with Crippen LogP contribution in [-0.2, 0) is 15.7 Å². The lowest BCUT2D eigenvalue weighted by Gasteiger charge is -2.19. The van der Waals surface area contributed by atoms with E-state index in [4.69, 9.17) is 9.47 Å². The summed E-state index contributed by atoms with van der Waals surface area (Å²) in [5.74, 6) is -0.459. The van der Waals surface area contributed by atoms with Crippen LogP contribution in [0.15, 0.2) is 24.3 Å². The predicted molar refractivity (Wildman–Crippen MR) is 81.7 cm³/mol. The summed E-state index contributed by atoms with van der Waals surface area (Å²) in [4.78, 5) is 12.1. The molecule has 1 aromatic rings. The minimum absolute atomic E-state index is 0.00836. The van der Waals surface area contributed by atoms with Crippen LogP contribution in [0.25, 0.3) is 0 Å². The summed E-state index contributed by atoms with van der Waals surface area (Å²) in [6.45, 7) is 2.22. The number of alkyl halides is 3. The normalized spacial score (nSPS) is 22.2. The summed E-state index contributed by atoms with van der Waals surface area (Å²) >= 11 is 0. The van der Waals surface area contributed by atoms with E-state index in [1.807, 2.05) is 0 Å². The average molecular weight is 346 g/mol. The van der Waals surface area contributed by atoms with E-state index in [0.29, 0.717) is 13.0 Å². The fourth-order valence-corrected chi connectivity index (χ4v) is 2.51. The molecule has 1 amide bonds. The minimum atomic E-state index is -4.48. The molecule has 3 atom stereocenters. The number of ether oxygens (including phenoxy) is 2. The SMILES string of the molecule is CO[C@@H]1CN[C@@H](C(=O)N[C@@H](C)COc2ccccc2C(F)(F)F)C1. The van der Waals surface area contributed by atoms with Gasteiger partial charge < -0.3 is 20.1 Å². The highest BCUT2D eigenvalue weighted by atomic mass is 19.4. The first-order valence-electron chi connectivity index (χ1n) is 7.67. The Balaban J connectivity index is 1.86. The number of hydrogen-bond acceptors (Lipinski definition) is 4. The molecule has 0 saturated carbocycles. The molecule has 1 aliphatic rings. The Hall–Kier alpha value is -1.80. The van der Waals surface area contributed by atoms with Crippen molar-refractivity contribution in [2.45, 2.75) is 37.7 Å². The van der Waals surface area contributed by atoms with Crippen LogP contribution in [0.3, 0.4) is 0 Å². The molecular weight excluding hydrogens is 325 g/mol. The van der Waals surface area contributed by atoms with Crippen LogP contribution in [0.4, 0.5) is 13.2 Å². The van der Waals surface area contributed by atoms with Crippen molar-refractivity contribution in [2.75, 3.05) is 20.3 Å². The van der Waals surface area contributed by atoms with Gasteiger partial charge in [0, 0.05) is 13.7 Å². The zero-order valence-corrected chi connectivity index (χ0v) is 13.5. The smallest absolute Gasteiger partial charge is 0.419 e. The molecular formula is C16H21F3N2O3. The Labute approximate surface area is 138 Å². The second-order valence-corrected chi connectivity index (χ2v) is 5.77. The van der Waals surface area contributed by atoms with E-state index in [0.717, 1.165) is 6.07 Å². The van der Waals surface area contributed by atoms with E-state index in [2.05, 4.69) is 10.6 Å². The van der Waals surface area contributed by atoms with Gasteiger partial charge in [0.25, 0.3) is 0 Å². The van der Waals surface area contributed by atoms with E-state index < -0.39 is 17.8 Å². The van der Waals surface area contributed by atoms with Gasteiger partial charge in [0.05, 0.1) is 23.8 Å². The fourth-order valence-electron chi connectivity index (χ4n) is 2.51. The van der Waals surface area contributed by atoms with Gasteiger partial charge >= 0.3 is 6.18 Å². The number of benzene rings is 1. The van der Waals surface area contributed by atoms with Crippen molar-refractivity contribution in [1.82, 2.24) is 10.6 Å². The topological polar surface area (TPSA) is 59.6 Å². The van der Waals surface area contributed by atoms with Crippen molar-refractivity contribution < 1.29 is 27.4 Å². The van der Waals surface area contributed by atoms with E-state index in [1.165, 1.54) is 18.2 Å². The summed E-state index contributed by atoms with van der Waals surface area (Å²) in [7, 11) is 1.58. The first-order chi connectivity index (χ1) is 11.3. The van der Waals surface area contributed by atoms with Crippen molar-refractivity contribution in [1.29, 1.82) is 0 Å². The van der Waals surface area contributed by atoms with Crippen LogP contribution in [0.2, 0.25) is 0 Å². The van der Waals surface area contributed by atoms with Crippen LogP contribution in [0.5, 0.6) is 5.75 Å². The average Bonchev–Trinajstić information content (AvgIpc) is 3.01. The van der Waals surface area contributed by atoms with Crippen molar-refractivity contribution >= 4 is 5.91 Å². The predicted octanol–water partition coefficient (Wildman–Crippen LogP) is 1.97. The van der Waals surface area contributed by atoms with E-state index in [1.54, 1.807) is 14.0 Å². The van der Waals surface area contributed by atoms with Crippen molar-refractivity contribution in [3.8, 4) is 5.75 Å². The van der Waals surface area contributed by atoms with Gasteiger partial charge in [-0.25, -0.2) is 0 Å². The van der Waals surface area contributed by atoms with Gasteiger partial charge in [0.2, 0.25) is 5.91 Å². The molecule has 1 aliphatic heterocycles. The monoisotopic (exact) mass is 346 g/mol. The maximum atomic E-state index is 12.9. The van der Waals surface area contributed by atoms with Gasteiger partial charge in [0.1, 0.15) is 12.4 Å². The highest BCUT2D eigenvalue weighted by Crippen LogP contribution is 2.35. The lowest BCUT2D eigenvalue weighted by molar-refractivity contribution is -0.139. The van der Waals surface area contributed by atoms with Crippen molar-refractivity contribution in [2.24, 2.45) is 0 Å². The summed E-state index contributed by atoms with van der Waals surface area (Å²) in [5, 5.41) is 5.77. The molecule has 0 radical (unpaired) electrons. The molecule has 1 saturated heterocycles. The van der Waals surface area contributed by atoms with E-state index >= 15 is 0 Å². The van der Waals surface area contributed by atoms with Crippen LogP contribution < -0.4 is 15.4 Å². The number of rotatable bonds is 6. The molecule has 0 unspecified atom stereocenters. The molecule has 2 rings (SSSR count). The lowest BCUT2D eigenvalue weighted by Crippen LogP contribution is -2.46. The van der Waals surface area contributed by atoms with Gasteiger partial charge in [-0.3, -0.25) is 4.79 Å². The second kappa shape index (κ2) is 7.85. The number of nitrogens with one attached hydrogen (secondary N) is 2. The van der Waals surface area contributed by atoms with Crippen LogP contribution in [-0.4, -0.2) is 44.4 Å². The van der Waals surface area contributed by atoms with Gasteiger partial charge in [0.15, 0.2) is 0 Å². The van der Waals surface area contributed by atoms with Crippen LogP contribution in [0.1, 0.15) is 18.9 Å². The first kappa shape index (κ1) is 18.5. The number of para-hydroxylation sites is 1. The van der Waals surface area contributed by atoms with Gasteiger partial charge in [-0.05, 0) is 25.5 Å². The molecule has 24 heavy (non-hydrogen) atoms. The van der Waals surface area contributed by atoms with Gasteiger partial charge in [-0.2, -0.15) is 13.2 Å². The third-order valence-electron chi connectivity index (χ3n) is 3.81. The fraction of sp³-hybridized carbons (Fsp3) is 0.562. The maximum Gasteiger partial charge on any atom is 0.419 e. The number of carbonyl (C=O) groups is 1. The van der Waals surface area contributed by atoms with Gasteiger partial charge in [-0.1, -0.05) is 12.1 Å². The molecule has 134 valence electrons. The summed E-state index contributed by atoms with van der Waals surface area (Å²) in [6.07, 6.45) is -3.93.